The van der Waals surface area contributed by atoms with Crippen LogP contribution < -0.4 is 10.1 Å². The Kier molecular flexibility index (Phi) is 4.94. The summed E-state index contributed by atoms with van der Waals surface area (Å²) in [5, 5.41) is 20.6. The predicted molar refractivity (Wildman–Crippen MR) is 90.3 cm³/mol. The average Bonchev–Trinajstić information content (AvgIpc) is 2.64. The summed E-state index contributed by atoms with van der Waals surface area (Å²) in [5.74, 6) is -1.28. The highest BCUT2D eigenvalue weighted by molar-refractivity contribution is 8.00. The van der Waals surface area contributed by atoms with Crippen molar-refractivity contribution >= 4 is 29.5 Å². The van der Waals surface area contributed by atoms with E-state index in [1.54, 1.807) is 0 Å². The first-order valence-electron chi connectivity index (χ1n) is 7.58. The summed E-state index contributed by atoms with van der Waals surface area (Å²) in [5.41, 5.74) is -0.188. The highest BCUT2D eigenvalue weighted by atomic mass is 32.2. The molecule has 1 saturated heterocycles. The molecular weight excluding hydrogens is 364 g/mol. The van der Waals surface area contributed by atoms with Crippen molar-refractivity contribution in [1.82, 2.24) is 10.2 Å². The molecule has 1 fully saturated rings. The van der Waals surface area contributed by atoms with Crippen molar-refractivity contribution in [3.63, 3.8) is 0 Å². The fourth-order valence-electron chi connectivity index (χ4n) is 2.65. The van der Waals surface area contributed by atoms with Crippen LogP contribution in [0.5, 0.6) is 11.5 Å². The Morgan fingerprint density at radius 2 is 2.04 bits per heavy atom. The van der Waals surface area contributed by atoms with Crippen LogP contribution in [0, 0.1) is 0 Å². The molecule has 2 heterocycles. The minimum Gasteiger partial charge on any atom is -0.508 e. The first-order valence-corrected chi connectivity index (χ1v) is 8.63. The fourth-order valence-corrected chi connectivity index (χ4v) is 3.97. The van der Waals surface area contributed by atoms with E-state index in [9.17, 15) is 24.6 Å². The molecule has 1 unspecified atom stereocenters. The largest absolute Gasteiger partial charge is 0.508 e. The van der Waals surface area contributed by atoms with Gasteiger partial charge in [-0.15, -0.1) is 11.8 Å². The number of carboxylic acids is 1. The first-order chi connectivity index (χ1) is 12.4. The van der Waals surface area contributed by atoms with Crippen LogP contribution in [0.2, 0.25) is 0 Å². The van der Waals surface area contributed by atoms with E-state index in [4.69, 9.17) is 9.47 Å². The van der Waals surface area contributed by atoms with Gasteiger partial charge in [0.15, 0.2) is 12.3 Å². The third kappa shape index (κ3) is 3.27. The van der Waals surface area contributed by atoms with E-state index < -0.39 is 29.2 Å². The number of carbonyl (C=O) groups excluding carboxylic acids is 2. The SMILES string of the molecule is COC1=C(C(=O)O)N2C(=O)C(NC(=O)COc3ccc(O)cc3)[C@H]2SC1. The first kappa shape index (κ1) is 17.9. The molecule has 0 saturated carbocycles. The highest BCUT2D eigenvalue weighted by Crippen LogP contribution is 2.40. The zero-order valence-electron chi connectivity index (χ0n) is 13.7. The minimum absolute atomic E-state index is 0.0778. The van der Waals surface area contributed by atoms with Crippen molar-refractivity contribution in [2.45, 2.75) is 11.4 Å². The van der Waals surface area contributed by atoms with Gasteiger partial charge in [-0.25, -0.2) is 4.79 Å². The lowest BCUT2D eigenvalue weighted by Gasteiger charge is -2.48. The topological polar surface area (TPSA) is 125 Å². The van der Waals surface area contributed by atoms with Gasteiger partial charge in [0.25, 0.3) is 11.8 Å². The number of fused-ring (bicyclic) bond motifs is 1. The standard InChI is InChI=1S/C16H16N2O7S/c1-24-10-7-26-15-12(14(21)18(15)13(10)16(22)23)17-11(20)6-25-9-4-2-8(19)3-5-9/h2-5,12,15,19H,6-7H2,1H3,(H,17,20)(H,22,23)/t12?,15-/m1/s1. The molecule has 0 spiro atoms. The van der Waals surface area contributed by atoms with Gasteiger partial charge in [0.2, 0.25) is 0 Å². The summed E-state index contributed by atoms with van der Waals surface area (Å²) in [4.78, 5) is 36.9. The van der Waals surface area contributed by atoms with Gasteiger partial charge in [0.05, 0.1) is 12.9 Å². The molecule has 10 heteroatoms. The van der Waals surface area contributed by atoms with Gasteiger partial charge >= 0.3 is 5.97 Å². The molecule has 0 radical (unpaired) electrons. The average molecular weight is 380 g/mol. The third-order valence-corrected chi connectivity index (χ3v) is 5.16. The second-order valence-corrected chi connectivity index (χ2v) is 6.62. The quantitative estimate of drug-likeness (QED) is 0.594. The molecule has 1 aromatic rings. The number of phenols is 1. The van der Waals surface area contributed by atoms with Gasteiger partial charge in [-0.05, 0) is 24.3 Å². The highest BCUT2D eigenvalue weighted by Gasteiger charge is 2.54. The molecule has 2 amide bonds. The molecule has 26 heavy (non-hydrogen) atoms. The molecule has 138 valence electrons. The van der Waals surface area contributed by atoms with E-state index in [2.05, 4.69) is 5.32 Å². The zero-order valence-corrected chi connectivity index (χ0v) is 14.5. The number of methoxy groups -OCH3 is 1. The zero-order chi connectivity index (χ0) is 18.8. The maximum Gasteiger partial charge on any atom is 0.356 e. The second-order valence-electron chi connectivity index (χ2n) is 5.52. The number of nitrogens with one attached hydrogen (secondary N) is 1. The molecule has 3 rings (SSSR count). The van der Waals surface area contributed by atoms with Crippen LogP contribution in [0.15, 0.2) is 35.7 Å². The summed E-state index contributed by atoms with van der Waals surface area (Å²) in [6.07, 6.45) is 0. The number of carbonyl (C=O) groups is 3. The van der Waals surface area contributed by atoms with Crippen molar-refractivity contribution < 1.29 is 34.1 Å². The lowest BCUT2D eigenvalue weighted by molar-refractivity contribution is -0.151. The summed E-state index contributed by atoms with van der Waals surface area (Å²) in [6.45, 7) is -0.309. The van der Waals surface area contributed by atoms with E-state index in [1.165, 1.54) is 43.1 Å². The monoisotopic (exact) mass is 380 g/mol. The summed E-state index contributed by atoms with van der Waals surface area (Å²) in [6, 6.07) is 5.04. The number of nitrogens with zero attached hydrogens (tertiary/aromatic N) is 1. The molecule has 2 aliphatic rings. The fraction of sp³-hybridized carbons (Fsp3) is 0.312. The number of aliphatic carboxylic acids is 1. The van der Waals surface area contributed by atoms with E-state index in [-0.39, 0.29) is 23.8 Å². The van der Waals surface area contributed by atoms with E-state index in [0.29, 0.717) is 11.5 Å². The molecule has 2 aliphatic heterocycles. The van der Waals surface area contributed by atoms with Crippen LogP contribution in [0.4, 0.5) is 0 Å². The van der Waals surface area contributed by atoms with Crippen LogP contribution in [-0.2, 0) is 19.1 Å². The van der Waals surface area contributed by atoms with E-state index in [1.807, 2.05) is 0 Å². The second kappa shape index (κ2) is 7.16. The number of phenolic OH excluding ortho intramolecular Hbond substituents is 1. The number of aromatic hydroxyl groups is 1. The number of hydrogen-bond donors (Lipinski definition) is 3. The number of hydrogen-bond acceptors (Lipinski definition) is 7. The van der Waals surface area contributed by atoms with Crippen LogP contribution in [0.1, 0.15) is 0 Å². The van der Waals surface area contributed by atoms with Crippen molar-refractivity contribution in [1.29, 1.82) is 0 Å². The molecule has 0 aromatic heterocycles. The van der Waals surface area contributed by atoms with Gasteiger partial charge in [-0.1, -0.05) is 0 Å². The van der Waals surface area contributed by atoms with Crippen molar-refractivity contribution in [3.8, 4) is 11.5 Å². The Bertz CT molecular complexity index is 777. The van der Waals surface area contributed by atoms with Crippen LogP contribution in [0.3, 0.4) is 0 Å². The molecule has 9 nitrogen and oxygen atoms in total. The van der Waals surface area contributed by atoms with Gasteiger partial charge < -0.3 is 25.0 Å². The lowest BCUT2D eigenvalue weighted by atomic mass is 10.0. The van der Waals surface area contributed by atoms with Gasteiger partial charge in [0.1, 0.15) is 28.7 Å². The minimum atomic E-state index is -1.25. The molecule has 3 N–H and O–H groups in total. The van der Waals surface area contributed by atoms with E-state index >= 15 is 0 Å². The predicted octanol–water partition coefficient (Wildman–Crippen LogP) is 0.113. The Labute approximate surface area is 152 Å². The summed E-state index contributed by atoms with van der Waals surface area (Å²) in [7, 11) is 1.35. The molecule has 1 aromatic carbocycles. The molecule has 0 aliphatic carbocycles. The van der Waals surface area contributed by atoms with Crippen molar-refractivity contribution in [2.24, 2.45) is 0 Å². The molecular formula is C16H16N2O7S. The van der Waals surface area contributed by atoms with Crippen LogP contribution in [-0.4, -0.2) is 63.8 Å². The Balaban J connectivity index is 1.59. The number of benzene rings is 1. The smallest absolute Gasteiger partial charge is 0.356 e. The number of ether oxygens (including phenoxy) is 2. The molecule has 0 bridgehead atoms. The lowest BCUT2D eigenvalue weighted by Crippen LogP contribution is -2.70. The van der Waals surface area contributed by atoms with Crippen LogP contribution >= 0.6 is 11.8 Å². The van der Waals surface area contributed by atoms with Crippen molar-refractivity contribution in [2.75, 3.05) is 19.5 Å². The van der Waals surface area contributed by atoms with E-state index in [0.717, 1.165) is 4.90 Å². The Morgan fingerprint density at radius 1 is 1.35 bits per heavy atom. The maximum atomic E-state index is 12.3. The third-order valence-electron chi connectivity index (χ3n) is 3.91. The van der Waals surface area contributed by atoms with Crippen molar-refractivity contribution in [3.05, 3.63) is 35.7 Å². The number of amides is 2. The summed E-state index contributed by atoms with van der Waals surface area (Å²) >= 11 is 1.31. The number of β-lactam (4-membered cyclic amide) rings is 1. The van der Waals surface area contributed by atoms with Crippen LogP contribution in [0.25, 0.3) is 0 Å². The Hall–Kier alpha value is -2.88. The maximum absolute atomic E-state index is 12.3. The number of thioether (sulfide) groups is 1. The normalized spacial score (nSPS) is 21.6. The van der Waals surface area contributed by atoms with Gasteiger partial charge in [-0.2, -0.15) is 0 Å². The Morgan fingerprint density at radius 3 is 2.65 bits per heavy atom. The van der Waals surface area contributed by atoms with Gasteiger partial charge in [-0.3, -0.25) is 14.5 Å². The number of carboxylic acid groups (broad SMARTS) is 1. The molecule has 2 atom stereocenters. The summed E-state index contributed by atoms with van der Waals surface area (Å²) < 4.78 is 10.3. The number of rotatable bonds is 6. The van der Waals surface area contributed by atoms with Gasteiger partial charge in [0, 0.05) is 0 Å².